The molecule has 0 unspecified atom stereocenters. The zero-order valence-electron chi connectivity index (χ0n) is 19.9. The Morgan fingerprint density at radius 2 is 1.33 bits per heavy atom. The van der Waals surface area contributed by atoms with E-state index in [0.29, 0.717) is 5.75 Å². The molecule has 0 spiro atoms. The van der Waals surface area contributed by atoms with Crippen LogP contribution in [0.25, 0.3) is 0 Å². The molecular weight excluding hydrogens is 414 g/mol. The summed E-state index contributed by atoms with van der Waals surface area (Å²) in [6, 6.07) is 13.9. The van der Waals surface area contributed by atoms with Gasteiger partial charge < -0.3 is 15.6 Å². The molecule has 3 N–H and O–H groups in total. The zero-order valence-corrected chi connectivity index (χ0v) is 19.9. The van der Waals surface area contributed by atoms with Crippen LogP contribution in [0.5, 0.6) is 17.2 Å². The molecule has 0 heterocycles. The van der Waals surface area contributed by atoms with Crippen molar-refractivity contribution in [2.45, 2.75) is 52.4 Å². The minimum absolute atomic E-state index is 0.0164. The smallest absolute Gasteiger partial charge is 0.198 e. The Balaban J connectivity index is 1.86. The van der Waals surface area contributed by atoms with E-state index in [0.717, 1.165) is 5.56 Å². The molecule has 33 heavy (non-hydrogen) atoms. The number of ketones is 2. The quantitative estimate of drug-likeness (QED) is 0.287. The molecule has 5 heteroatoms. The van der Waals surface area contributed by atoms with Crippen molar-refractivity contribution in [2.24, 2.45) is 0 Å². The van der Waals surface area contributed by atoms with Crippen LogP contribution in [0.2, 0.25) is 0 Å². The van der Waals surface area contributed by atoms with E-state index in [9.17, 15) is 14.7 Å². The van der Waals surface area contributed by atoms with Crippen LogP contribution in [0.4, 0.5) is 5.69 Å². The molecule has 3 aromatic carbocycles. The van der Waals surface area contributed by atoms with E-state index in [1.807, 2.05) is 12.1 Å². The third-order valence-electron chi connectivity index (χ3n) is 6.05. The second kappa shape index (κ2) is 7.48. The molecule has 0 radical (unpaired) electrons. The number of anilines is 1. The number of benzene rings is 3. The second-order valence-electron chi connectivity index (χ2n) is 10.6. The van der Waals surface area contributed by atoms with Crippen molar-refractivity contribution in [3.05, 3.63) is 81.9 Å². The van der Waals surface area contributed by atoms with Gasteiger partial charge in [0.2, 0.25) is 0 Å². The summed E-state index contributed by atoms with van der Waals surface area (Å²) in [6.45, 7) is 12.7. The van der Waals surface area contributed by atoms with E-state index in [-0.39, 0.29) is 50.3 Å². The number of nitrogens with two attached hydrogens (primary N) is 1. The summed E-state index contributed by atoms with van der Waals surface area (Å²) in [5, 5.41) is 10.7. The highest BCUT2D eigenvalue weighted by Crippen LogP contribution is 2.44. The maximum atomic E-state index is 13.2. The fourth-order valence-corrected chi connectivity index (χ4v) is 4.15. The van der Waals surface area contributed by atoms with Crippen LogP contribution in [0.15, 0.2) is 48.5 Å². The zero-order chi connectivity index (χ0) is 24.3. The highest BCUT2D eigenvalue weighted by molar-refractivity contribution is 6.31. The van der Waals surface area contributed by atoms with Crippen LogP contribution in [0, 0.1) is 0 Å². The van der Waals surface area contributed by atoms with Crippen LogP contribution < -0.4 is 10.5 Å². The molecule has 0 saturated heterocycles. The number of nitrogen functional groups attached to an aromatic ring is 1. The Labute approximate surface area is 194 Å². The number of fused-ring (bicyclic) bond motifs is 2. The van der Waals surface area contributed by atoms with E-state index in [1.54, 1.807) is 24.3 Å². The molecule has 0 bridgehead atoms. The molecule has 1 aliphatic rings. The molecule has 0 saturated carbocycles. The van der Waals surface area contributed by atoms with Gasteiger partial charge in [-0.05, 0) is 22.5 Å². The maximum absolute atomic E-state index is 13.2. The SMILES string of the molecule is CC(C)(C)c1ccc(Oc2cc(O)c3c(c2N)C(=O)c2ccccc2C3=O)c(C(C)(C)C)c1. The van der Waals surface area contributed by atoms with Crippen LogP contribution >= 0.6 is 0 Å². The summed E-state index contributed by atoms with van der Waals surface area (Å²) in [5.41, 5.74) is 8.71. The minimum atomic E-state index is -0.430. The van der Waals surface area contributed by atoms with Gasteiger partial charge in [0.05, 0.1) is 16.8 Å². The van der Waals surface area contributed by atoms with Crippen molar-refractivity contribution < 1.29 is 19.4 Å². The van der Waals surface area contributed by atoms with Gasteiger partial charge in [-0.1, -0.05) is 77.9 Å². The van der Waals surface area contributed by atoms with Crippen molar-refractivity contribution in [1.82, 2.24) is 0 Å². The normalized spacial score (nSPS) is 13.5. The lowest BCUT2D eigenvalue weighted by molar-refractivity contribution is 0.0977. The van der Waals surface area contributed by atoms with E-state index >= 15 is 0 Å². The van der Waals surface area contributed by atoms with Gasteiger partial charge in [0.15, 0.2) is 17.3 Å². The lowest BCUT2D eigenvalue weighted by atomic mass is 9.80. The van der Waals surface area contributed by atoms with Crippen LogP contribution in [0.3, 0.4) is 0 Å². The number of ether oxygens (including phenoxy) is 1. The molecule has 3 aromatic rings. The first-order valence-electron chi connectivity index (χ1n) is 11.0. The molecule has 0 aliphatic heterocycles. The molecule has 170 valence electrons. The number of rotatable bonds is 2. The van der Waals surface area contributed by atoms with E-state index in [2.05, 4.69) is 47.6 Å². The third kappa shape index (κ3) is 3.78. The number of carbonyl (C=O) groups is 2. The van der Waals surface area contributed by atoms with Gasteiger partial charge in [-0.3, -0.25) is 9.59 Å². The summed E-state index contributed by atoms with van der Waals surface area (Å²) in [5.74, 6) is -0.443. The first-order valence-corrected chi connectivity index (χ1v) is 11.0. The maximum Gasteiger partial charge on any atom is 0.198 e. The van der Waals surface area contributed by atoms with Crippen molar-refractivity contribution in [3.63, 3.8) is 0 Å². The molecule has 1 aliphatic carbocycles. The minimum Gasteiger partial charge on any atom is -0.507 e. The van der Waals surface area contributed by atoms with Gasteiger partial charge >= 0.3 is 0 Å². The van der Waals surface area contributed by atoms with E-state index < -0.39 is 11.6 Å². The van der Waals surface area contributed by atoms with Crippen LogP contribution in [-0.2, 0) is 10.8 Å². The topological polar surface area (TPSA) is 89.6 Å². The van der Waals surface area contributed by atoms with Gasteiger partial charge in [0.25, 0.3) is 0 Å². The van der Waals surface area contributed by atoms with E-state index in [4.69, 9.17) is 10.5 Å². The molecular formula is C28H29NO4. The predicted molar refractivity (Wildman–Crippen MR) is 130 cm³/mol. The average Bonchev–Trinajstić information content (AvgIpc) is 2.73. The van der Waals surface area contributed by atoms with Crippen LogP contribution in [-0.4, -0.2) is 16.7 Å². The number of aromatic hydroxyl groups is 1. The summed E-state index contributed by atoms with van der Waals surface area (Å²) in [4.78, 5) is 26.2. The summed E-state index contributed by atoms with van der Waals surface area (Å²) in [6.07, 6.45) is 0. The van der Waals surface area contributed by atoms with Gasteiger partial charge in [-0.2, -0.15) is 0 Å². The van der Waals surface area contributed by atoms with Gasteiger partial charge in [0.1, 0.15) is 11.5 Å². The molecule has 4 rings (SSSR count). The number of hydrogen-bond donors (Lipinski definition) is 2. The van der Waals surface area contributed by atoms with Gasteiger partial charge in [-0.15, -0.1) is 0 Å². The van der Waals surface area contributed by atoms with Crippen molar-refractivity contribution in [3.8, 4) is 17.2 Å². The first-order chi connectivity index (χ1) is 15.3. The number of phenolic OH excluding ortho intramolecular Hbond substituents is 1. The summed E-state index contributed by atoms with van der Waals surface area (Å²) in [7, 11) is 0. The Morgan fingerprint density at radius 1 is 0.758 bits per heavy atom. The van der Waals surface area contributed by atoms with Gasteiger partial charge in [-0.25, -0.2) is 0 Å². The standard InChI is InChI=1S/C28H29NO4/c1-27(2,3)15-11-12-20(18(13-15)28(4,5)6)33-21-14-19(30)22-23(24(21)29)26(32)17-10-8-7-9-16(17)25(22)31/h7-14,30H,29H2,1-6H3. The fraction of sp³-hybridized carbons (Fsp3) is 0.286. The first kappa shape index (κ1) is 22.6. The molecule has 5 nitrogen and oxygen atoms in total. The molecule has 0 atom stereocenters. The molecule has 0 amide bonds. The summed E-state index contributed by atoms with van der Waals surface area (Å²) < 4.78 is 6.20. The highest BCUT2D eigenvalue weighted by Gasteiger charge is 2.35. The van der Waals surface area contributed by atoms with Crippen LogP contribution in [0.1, 0.15) is 84.5 Å². The van der Waals surface area contributed by atoms with Gasteiger partial charge in [0, 0.05) is 22.8 Å². The summed E-state index contributed by atoms with van der Waals surface area (Å²) >= 11 is 0. The number of hydrogen-bond acceptors (Lipinski definition) is 5. The second-order valence-corrected chi connectivity index (χ2v) is 10.6. The lowest BCUT2D eigenvalue weighted by Gasteiger charge is -2.28. The largest absolute Gasteiger partial charge is 0.507 e. The van der Waals surface area contributed by atoms with E-state index in [1.165, 1.54) is 11.6 Å². The predicted octanol–water partition coefficient (Wildman–Crippen LogP) is 6.14. The Morgan fingerprint density at radius 3 is 1.88 bits per heavy atom. The van der Waals surface area contributed by atoms with Crippen molar-refractivity contribution in [1.29, 1.82) is 0 Å². The molecule has 0 aromatic heterocycles. The van der Waals surface area contributed by atoms with Crippen molar-refractivity contribution >= 4 is 17.3 Å². The lowest BCUT2D eigenvalue weighted by Crippen LogP contribution is -2.23. The van der Waals surface area contributed by atoms with Crippen molar-refractivity contribution in [2.75, 3.05) is 5.73 Å². The third-order valence-corrected chi connectivity index (χ3v) is 6.05. The number of phenols is 1. The Kier molecular flexibility index (Phi) is 5.12. The molecule has 0 fully saturated rings. The monoisotopic (exact) mass is 443 g/mol. The number of carbonyl (C=O) groups excluding carboxylic acids is 2. The highest BCUT2D eigenvalue weighted by atomic mass is 16.5. The average molecular weight is 444 g/mol. The Hall–Kier alpha value is -3.60. The Bertz CT molecular complexity index is 1310. The fourth-order valence-electron chi connectivity index (χ4n) is 4.15.